The summed E-state index contributed by atoms with van der Waals surface area (Å²) in [4.78, 5) is 45.6. The van der Waals surface area contributed by atoms with Gasteiger partial charge in [-0.3, -0.25) is 14.4 Å². The molecule has 7 heteroatoms. The second-order valence-corrected chi connectivity index (χ2v) is 11.2. The van der Waals surface area contributed by atoms with Crippen LogP contribution in [0.4, 0.5) is 15.8 Å². The van der Waals surface area contributed by atoms with E-state index in [1.165, 1.54) is 24.3 Å². The van der Waals surface area contributed by atoms with Crippen LogP contribution in [0.5, 0.6) is 0 Å². The molecule has 41 heavy (non-hydrogen) atoms. The molecule has 7 rings (SSSR count). The maximum atomic E-state index is 14.7. The molecule has 3 heterocycles. The number of rotatable bonds is 4. The van der Waals surface area contributed by atoms with E-state index in [9.17, 15) is 18.8 Å². The highest BCUT2D eigenvalue weighted by atomic mass is 35.5. The van der Waals surface area contributed by atoms with E-state index in [0.717, 1.165) is 16.8 Å². The van der Waals surface area contributed by atoms with Crippen LogP contribution < -0.4 is 10.2 Å². The second-order valence-electron chi connectivity index (χ2n) is 10.8. The lowest BCUT2D eigenvalue weighted by Gasteiger charge is -2.39. The zero-order valence-electron chi connectivity index (χ0n) is 22.0. The highest BCUT2D eigenvalue weighted by molar-refractivity contribution is 6.30. The molecule has 0 radical (unpaired) electrons. The summed E-state index contributed by atoms with van der Waals surface area (Å²) in [6.45, 7) is 1.98. The van der Waals surface area contributed by atoms with Crippen LogP contribution in [0.1, 0.15) is 38.8 Å². The molecule has 1 amide bonds. The van der Waals surface area contributed by atoms with Crippen LogP contribution in [-0.2, 0) is 10.2 Å². The van der Waals surface area contributed by atoms with E-state index in [0.29, 0.717) is 21.8 Å². The number of amides is 1. The number of carbonyl (C=O) groups excluding carboxylic acids is 3. The minimum Gasteiger partial charge on any atom is -0.352 e. The van der Waals surface area contributed by atoms with Crippen LogP contribution in [-0.4, -0.2) is 29.6 Å². The average molecular weight is 563 g/mol. The monoisotopic (exact) mass is 562 g/mol. The lowest BCUT2D eigenvalue weighted by molar-refractivity contribution is -0.121. The Labute approximate surface area is 241 Å². The summed E-state index contributed by atoms with van der Waals surface area (Å²) < 4.78 is 13.9. The van der Waals surface area contributed by atoms with Gasteiger partial charge < -0.3 is 10.2 Å². The van der Waals surface area contributed by atoms with Crippen LogP contribution in [0.25, 0.3) is 5.57 Å². The first-order valence-corrected chi connectivity index (χ1v) is 13.8. The molecule has 4 aromatic rings. The Morgan fingerprint density at radius 2 is 1.49 bits per heavy atom. The van der Waals surface area contributed by atoms with Gasteiger partial charge in [0.05, 0.1) is 12.0 Å². The molecule has 0 aromatic heterocycles. The SMILES string of the molecule is CC1=C[C@@H]2N(c3ccccc31)[C@H](C(=O)c1ccc(Cl)cc1)[C@H](C(=O)c1ccc(F)cc1)[C@@]21C(=O)Nc2ccccc21. The van der Waals surface area contributed by atoms with Crippen LogP contribution in [0.2, 0.25) is 5.02 Å². The van der Waals surface area contributed by atoms with Crippen LogP contribution in [0.3, 0.4) is 0 Å². The number of fused-ring (bicyclic) bond motifs is 6. The molecular weight excluding hydrogens is 539 g/mol. The Hall–Kier alpha value is -4.55. The van der Waals surface area contributed by atoms with Crippen molar-refractivity contribution in [1.82, 2.24) is 0 Å². The lowest BCUT2D eigenvalue weighted by atomic mass is 9.64. The Morgan fingerprint density at radius 3 is 2.24 bits per heavy atom. The van der Waals surface area contributed by atoms with E-state index in [2.05, 4.69) is 5.32 Å². The van der Waals surface area contributed by atoms with E-state index in [4.69, 9.17) is 11.6 Å². The number of Topliss-reactive ketones (excluding diaryl/α,β-unsaturated/α-hetero) is 2. The van der Waals surface area contributed by atoms with Crippen molar-refractivity contribution in [3.8, 4) is 0 Å². The summed E-state index contributed by atoms with van der Waals surface area (Å²) >= 11 is 6.15. The van der Waals surface area contributed by atoms with Gasteiger partial charge in [0.25, 0.3) is 0 Å². The van der Waals surface area contributed by atoms with Gasteiger partial charge in [-0.25, -0.2) is 4.39 Å². The number of allylic oxidation sites excluding steroid dienone is 1. The number of hydrogen-bond donors (Lipinski definition) is 1. The van der Waals surface area contributed by atoms with Crippen molar-refractivity contribution >= 4 is 46.0 Å². The first kappa shape index (κ1) is 25.4. The molecule has 202 valence electrons. The molecule has 1 saturated heterocycles. The molecule has 3 aliphatic heterocycles. The van der Waals surface area contributed by atoms with Gasteiger partial charge in [-0.15, -0.1) is 0 Å². The number of benzene rings is 4. The molecule has 5 nitrogen and oxygen atoms in total. The number of carbonyl (C=O) groups is 3. The van der Waals surface area contributed by atoms with Crippen LogP contribution in [0.15, 0.2) is 103 Å². The minimum absolute atomic E-state index is 0.232. The van der Waals surface area contributed by atoms with Gasteiger partial charge in [0.15, 0.2) is 11.6 Å². The number of hydrogen-bond acceptors (Lipinski definition) is 4. The summed E-state index contributed by atoms with van der Waals surface area (Å²) in [5.41, 5.74) is 3.10. The maximum absolute atomic E-state index is 14.7. The normalized spacial score (nSPS) is 23.9. The molecule has 1 N–H and O–H groups in total. The molecule has 0 aliphatic carbocycles. The predicted octanol–water partition coefficient (Wildman–Crippen LogP) is 6.73. The van der Waals surface area contributed by atoms with Crippen molar-refractivity contribution in [3.05, 3.63) is 136 Å². The quantitative estimate of drug-likeness (QED) is 0.280. The van der Waals surface area contributed by atoms with Crippen molar-refractivity contribution in [2.24, 2.45) is 5.92 Å². The average Bonchev–Trinajstić information content (AvgIpc) is 3.45. The van der Waals surface area contributed by atoms with Gasteiger partial charge in [0.1, 0.15) is 17.3 Å². The fourth-order valence-corrected chi connectivity index (χ4v) is 7.09. The summed E-state index contributed by atoms with van der Waals surface area (Å²) in [7, 11) is 0. The van der Waals surface area contributed by atoms with Gasteiger partial charge in [0, 0.05) is 33.1 Å². The molecule has 4 atom stereocenters. The number of para-hydroxylation sites is 2. The molecule has 1 spiro atoms. The highest BCUT2D eigenvalue weighted by Gasteiger charge is 2.70. The van der Waals surface area contributed by atoms with Crippen molar-refractivity contribution in [1.29, 1.82) is 0 Å². The van der Waals surface area contributed by atoms with E-state index < -0.39 is 35.0 Å². The van der Waals surface area contributed by atoms with Gasteiger partial charge in [-0.2, -0.15) is 0 Å². The molecular formula is C34H24ClFN2O3. The molecule has 0 unspecified atom stereocenters. The third kappa shape index (κ3) is 3.57. The van der Waals surface area contributed by atoms with Crippen molar-refractivity contribution in [2.75, 3.05) is 10.2 Å². The molecule has 3 aliphatic rings. The largest absolute Gasteiger partial charge is 0.352 e. The molecule has 0 bridgehead atoms. The zero-order chi connectivity index (χ0) is 28.5. The first-order chi connectivity index (χ1) is 19.8. The van der Waals surface area contributed by atoms with Gasteiger partial charge in [0.2, 0.25) is 5.91 Å². The van der Waals surface area contributed by atoms with Crippen molar-refractivity contribution < 1.29 is 18.8 Å². The number of nitrogens with zero attached hydrogens (tertiary/aromatic N) is 1. The van der Waals surface area contributed by atoms with E-state index in [1.54, 1.807) is 24.3 Å². The minimum atomic E-state index is -1.43. The zero-order valence-corrected chi connectivity index (χ0v) is 22.7. The summed E-state index contributed by atoms with van der Waals surface area (Å²) in [5, 5.41) is 3.50. The molecule has 4 aromatic carbocycles. The van der Waals surface area contributed by atoms with E-state index >= 15 is 0 Å². The Morgan fingerprint density at radius 1 is 0.854 bits per heavy atom. The second kappa shape index (κ2) is 9.25. The number of nitrogens with one attached hydrogen (secondary N) is 1. The topological polar surface area (TPSA) is 66.5 Å². The maximum Gasteiger partial charge on any atom is 0.238 e. The fourth-order valence-electron chi connectivity index (χ4n) is 6.97. The molecule has 0 saturated carbocycles. The Bertz CT molecular complexity index is 1780. The Balaban J connectivity index is 1.55. The summed E-state index contributed by atoms with van der Waals surface area (Å²) in [6.07, 6.45) is 2.00. The molecule has 1 fully saturated rings. The number of halogens is 2. The fraction of sp³-hybridized carbons (Fsp3) is 0.147. The van der Waals surface area contributed by atoms with Crippen LogP contribution in [0, 0.1) is 11.7 Å². The van der Waals surface area contributed by atoms with Gasteiger partial charge in [-0.05, 0) is 78.7 Å². The Kier molecular flexibility index (Phi) is 5.73. The van der Waals surface area contributed by atoms with E-state index in [1.807, 2.05) is 66.4 Å². The first-order valence-electron chi connectivity index (χ1n) is 13.4. The van der Waals surface area contributed by atoms with Gasteiger partial charge >= 0.3 is 0 Å². The standard InChI is InChI=1S/C34H24ClFN2O3/c1-19-18-28-34(25-7-3-4-8-26(25)37-33(34)41)29(31(39)20-12-16-23(36)17-13-20)30(32(40)21-10-14-22(35)15-11-21)38(28)27-9-5-2-6-24(19)27/h2-18,28-30H,1H3,(H,37,41)/t28-,29+,30-,34-/m0/s1. The van der Waals surface area contributed by atoms with Crippen LogP contribution >= 0.6 is 11.6 Å². The smallest absolute Gasteiger partial charge is 0.238 e. The third-order valence-electron chi connectivity index (χ3n) is 8.69. The predicted molar refractivity (Wildman–Crippen MR) is 157 cm³/mol. The third-order valence-corrected chi connectivity index (χ3v) is 8.94. The summed E-state index contributed by atoms with van der Waals surface area (Å²) in [6, 6.07) is 25.2. The highest BCUT2D eigenvalue weighted by Crippen LogP contribution is 2.58. The number of ketones is 2. The number of anilines is 2. The van der Waals surface area contributed by atoms with Gasteiger partial charge in [-0.1, -0.05) is 54.1 Å². The van der Waals surface area contributed by atoms with Crippen molar-refractivity contribution in [2.45, 2.75) is 24.4 Å². The van der Waals surface area contributed by atoms with Crippen molar-refractivity contribution in [3.63, 3.8) is 0 Å². The summed E-state index contributed by atoms with van der Waals surface area (Å²) in [5.74, 6) is -2.65. The van der Waals surface area contributed by atoms with E-state index in [-0.39, 0.29) is 17.3 Å². The lowest BCUT2D eigenvalue weighted by Crippen LogP contribution is -2.51.